The molecule has 1 aromatic heterocycles. The highest BCUT2D eigenvalue weighted by Crippen LogP contribution is 2.19. The molecule has 0 aliphatic rings. The van der Waals surface area contributed by atoms with E-state index in [0.29, 0.717) is 5.82 Å². The number of aliphatic carboxylic acids is 1. The van der Waals surface area contributed by atoms with E-state index in [2.05, 4.69) is 20.7 Å². The fourth-order valence-electron chi connectivity index (χ4n) is 2.14. The molecule has 1 heterocycles. The van der Waals surface area contributed by atoms with Crippen LogP contribution in [0.3, 0.4) is 0 Å². The molecule has 0 saturated carbocycles. The summed E-state index contributed by atoms with van der Waals surface area (Å²) in [7, 11) is 0. The Morgan fingerprint density at radius 2 is 1.96 bits per heavy atom. The van der Waals surface area contributed by atoms with Gasteiger partial charge in [0.2, 0.25) is 11.7 Å². The number of benzene rings is 1. The van der Waals surface area contributed by atoms with E-state index in [4.69, 9.17) is 5.11 Å². The summed E-state index contributed by atoms with van der Waals surface area (Å²) in [6.45, 7) is 2.30. The van der Waals surface area contributed by atoms with Gasteiger partial charge >= 0.3 is 5.97 Å². The standard InChI is InChI=1S/C15H18FN5O3/c1-9(2)12(14(22)17-11(8-16)15(23)24)21-19-13(18-20-21)10-6-4-3-5-7-10/h3-7,9,11-12H,8H2,1-2H3,(H,17,22)(H,23,24). The van der Waals surface area contributed by atoms with E-state index in [-0.39, 0.29) is 5.92 Å². The Hall–Kier alpha value is -2.84. The Balaban J connectivity index is 2.24. The summed E-state index contributed by atoms with van der Waals surface area (Å²) in [6, 6.07) is 6.59. The largest absolute Gasteiger partial charge is 0.480 e. The van der Waals surface area contributed by atoms with Gasteiger partial charge in [-0.1, -0.05) is 44.2 Å². The summed E-state index contributed by atoms with van der Waals surface area (Å²) in [5.41, 5.74) is 0.735. The van der Waals surface area contributed by atoms with Gasteiger partial charge in [0.1, 0.15) is 6.67 Å². The van der Waals surface area contributed by atoms with Crippen LogP contribution in [0.15, 0.2) is 30.3 Å². The van der Waals surface area contributed by atoms with Crippen LogP contribution in [0.2, 0.25) is 0 Å². The van der Waals surface area contributed by atoms with E-state index >= 15 is 0 Å². The van der Waals surface area contributed by atoms with Gasteiger partial charge in [0.25, 0.3) is 0 Å². The number of rotatable bonds is 7. The minimum absolute atomic E-state index is 0.253. The van der Waals surface area contributed by atoms with Crippen molar-refractivity contribution in [3.63, 3.8) is 0 Å². The van der Waals surface area contributed by atoms with Gasteiger partial charge in [-0.25, -0.2) is 9.18 Å². The molecule has 0 fully saturated rings. The van der Waals surface area contributed by atoms with Gasteiger partial charge < -0.3 is 10.4 Å². The third-order valence-corrected chi connectivity index (χ3v) is 3.38. The molecule has 8 nitrogen and oxygen atoms in total. The fraction of sp³-hybridized carbons (Fsp3) is 0.400. The van der Waals surface area contributed by atoms with Crippen LogP contribution in [-0.4, -0.2) is 49.9 Å². The molecule has 128 valence electrons. The van der Waals surface area contributed by atoms with Crippen LogP contribution in [0.4, 0.5) is 4.39 Å². The molecule has 2 atom stereocenters. The zero-order chi connectivity index (χ0) is 17.7. The van der Waals surface area contributed by atoms with Crippen molar-refractivity contribution in [3.05, 3.63) is 30.3 Å². The molecule has 0 bridgehead atoms. The second-order valence-electron chi connectivity index (χ2n) is 5.54. The molecule has 2 N–H and O–H groups in total. The smallest absolute Gasteiger partial charge is 0.328 e. The number of halogens is 1. The van der Waals surface area contributed by atoms with Crippen molar-refractivity contribution in [1.29, 1.82) is 0 Å². The summed E-state index contributed by atoms with van der Waals surface area (Å²) in [5, 5.41) is 23.0. The fourth-order valence-corrected chi connectivity index (χ4v) is 2.14. The number of nitrogens with one attached hydrogen (secondary N) is 1. The van der Waals surface area contributed by atoms with Crippen molar-refractivity contribution in [2.75, 3.05) is 6.67 Å². The first kappa shape index (κ1) is 17.5. The van der Waals surface area contributed by atoms with Gasteiger partial charge in [-0.2, -0.15) is 4.80 Å². The number of carbonyl (C=O) groups excluding carboxylic acids is 1. The molecule has 9 heteroatoms. The maximum atomic E-state index is 12.7. The molecule has 0 saturated heterocycles. The van der Waals surface area contributed by atoms with E-state index in [0.717, 1.165) is 10.4 Å². The lowest BCUT2D eigenvalue weighted by atomic mass is 10.0. The van der Waals surface area contributed by atoms with Crippen molar-refractivity contribution in [3.8, 4) is 11.4 Å². The highest BCUT2D eigenvalue weighted by atomic mass is 19.1. The topological polar surface area (TPSA) is 110 Å². The maximum absolute atomic E-state index is 12.7. The first-order valence-corrected chi connectivity index (χ1v) is 7.38. The minimum Gasteiger partial charge on any atom is -0.480 e. The predicted octanol–water partition coefficient (Wildman–Crippen LogP) is 1.08. The Morgan fingerprint density at radius 1 is 1.29 bits per heavy atom. The zero-order valence-electron chi connectivity index (χ0n) is 13.3. The van der Waals surface area contributed by atoms with Crippen molar-refractivity contribution >= 4 is 11.9 Å². The number of aromatic nitrogens is 4. The molecule has 1 aromatic carbocycles. The van der Waals surface area contributed by atoms with E-state index in [9.17, 15) is 14.0 Å². The third kappa shape index (κ3) is 3.92. The number of alkyl halides is 1. The number of hydrogen-bond donors (Lipinski definition) is 2. The average molecular weight is 335 g/mol. The second-order valence-corrected chi connectivity index (χ2v) is 5.54. The van der Waals surface area contributed by atoms with Crippen LogP contribution in [0.5, 0.6) is 0 Å². The monoisotopic (exact) mass is 335 g/mol. The van der Waals surface area contributed by atoms with Crippen LogP contribution in [0.1, 0.15) is 19.9 Å². The average Bonchev–Trinajstić information content (AvgIpc) is 3.02. The Morgan fingerprint density at radius 3 is 2.50 bits per heavy atom. The maximum Gasteiger partial charge on any atom is 0.328 e. The summed E-state index contributed by atoms with van der Waals surface area (Å²) >= 11 is 0. The Bertz CT molecular complexity index is 704. The van der Waals surface area contributed by atoms with E-state index in [1.807, 2.05) is 18.2 Å². The predicted molar refractivity (Wildman–Crippen MR) is 82.7 cm³/mol. The summed E-state index contributed by atoms with van der Waals surface area (Å²) in [4.78, 5) is 24.3. The summed E-state index contributed by atoms with van der Waals surface area (Å²) < 4.78 is 12.7. The molecule has 2 aromatic rings. The highest BCUT2D eigenvalue weighted by Gasteiger charge is 2.30. The van der Waals surface area contributed by atoms with Crippen LogP contribution in [-0.2, 0) is 9.59 Å². The van der Waals surface area contributed by atoms with Crippen LogP contribution in [0, 0.1) is 5.92 Å². The van der Waals surface area contributed by atoms with E-state index in [1.165, 1.54) is 0 Å². The van der Waals surface area contributed by atoms with Gasteiger partial charge in [0.05, 0.1) is 0 Å². The van der Waals surface area contributed by atoms with Crippen molar-refractivity contribution in [2.24, 2.45) is 5.92 Å². The van der Waals surface area contributed by atoms with Gasteiger partial charge in [-0.05, 0) is 11.1 Å². The molecule has 1 amide bonds. The molecular formula is C15H18FN5O3. The molecule has 0 aliphatic heterocycles. The van der Waals surface area contributed by atoms with Crippen LogP contribution in [0.25, 0.3) is 11.4 Å². The zero-order valence-corrected chi connectivity index (χ0v) is 13.3. The molecule has 24 heavy (non-hydrogen) atoms. The number of carboxylic acid groups (broad SMARTS) is 1. The highest BCUT2D eigenvalue weighted by molar-refractivity contribution is 5.86. The van der Waals surface area contributed by atoms with Gasteiger partial charge in [0.15, 0.2) is 12.1 Å². The number of tetrazole rings is 1. The van der Waals surface area contributed by atoms with E-state index < -0.39 is 30.6 Å². The van der Waals surface area contributed by atoms with Crippen molar-refractivity contribution in [1.82, 2.24) is 25.5 Å². The molecule has 0 radical (unpaired) electrons. The Labute approximate surface area is 137 Å². The molecule has 2 unspecified atom stereocenters. The van der Waals surface area contributed by atoms with Crippen molar-refractivity contribution < 1.29 is 19.1 Å². The van der Waals surface area contributed by atoms with Crippen molar-refractivity contribution in [2.45, 2.75) is 25.9 Å². The first-order valence-electron chi connectivity index (χ1n) is 7.38. The molecule has 2 rings (SSSR count). The number of carboxylic acids is 1. The third-order valence-electron chi connectivity index (χ3n) is 3.38. The molecular weight excluding hydrogens is 317 g/mol. The SMILES string of the molecule is CC(C)C(C(=O)NC(CF)C(=O)O)n1nnc(-c2ccccc2)n1. The molecule has 0 spiro atoms. The number of amides is 1. The number of hydrogen-bond acceptors (Lipinski definition) is 5. The number of nitrogens with zero attached hydrogens (tertiary/aromatic N) is 4. The lowest BCUT2D eigenvalue weighted by Crippen LogP contribution is -2.46. The normalized spacial score (nSPS) is 13.5. The number of carbonyl (C=O) groups is 2. The lowest BCUT2D eigenvalue weighted by Gasteiger charge is -2.20. The summed E-state index contributed by atoms with van der Waals surface area (Å²) in [6.07, 6.45) is 0. The van der Waals surface area contributed by atoms with E-state index in [1.54, 1.807) is 26.0 Å². The summed E-state index contributed by atoms with van der Waals surface area (Å²) in [5.74, 6) is -2.02. The van der Waals surface area contributed by atoms with Crippen LogP contribution >= 0.6 is 0 Å². The Kier molecular flexibility index (Phi) is 5.56. The van der Waals surface area contributed by atoms with Gasteiger partial charge in [-0.3, -0.25) is 4.79 Å². The minimum atomic E-state index is -1.60. The van der Waals surface area contributed by atoms with Gasteiger partial charge in [-0.15, -0.1) is 10.2 Å². The van der Waals surface area contributed by atoms with Crippen LogP contribution < -0.4 is 5.32 Å². The quantitative estimate of drug-likeness (QED) is 0.783. The lowest BCUT2D eigenvalue weighted by molar-refractivity contribution is -0.143. The first-order chi connectivity index (χ1) is 11.4. The molecule has 0 aliphatic carbocycles. The second kappa shape index (κ2) is 7.62. The van der Waals surface area contributed by atoms with Gasteiger partial charge in [0, 0.05) is 5.56 Å².